The fourth-order valence-electron chi connectivity index (χ4n) is 2.65. The van der Waals surface area contributed by atoms with Crippen molar-refractivity contribution in [1.82, 2.24) is 19.4 Å². The minimum Gasteiger partial charge on any atom is -0.432 e. The number of halogens is 1. The van der Waals surface area contributed by atoms with Gasteiger partial charge < -0.3 is 14.8 Å². The number of rotatable bonds is 5. The molecule has 0 aliphatic heterocycles. The molecule has 0 aliphatic rings. The first-order valence-electron chi connectivity index (χ1n) is 8.08. The van der Waals surface area contributed by atoms with Gasteiger partial charge in [-0.3, -0.25) is 4.40 Å². The number of nitrogens with zero attached hydrogens (tertiary/aromatic N) is 4. The maximum absolute atomic E-state index is 13.3. The van der Waals surface area contributed by atoms with Gasteiger partial charge in [0.25, 0.3) is 0 Å². The Morgan fingerprint density at radius 1 is 1.23 bits per heavy atom. The molecular formula is C18H16FN5O2. The number of aliphatic hydroxyl groups excluding tert-OH is 1. The number of benzene rings is 1. The highest BCUT2D eigenvalue weighted by Crippen LogP contribution is 2.32. The molecule has 3 heterocycles. The van der Waals surface area contributed by atoms with Gasteiger partial charge in [-0.25, -0.2) is 14.4 Å². The molecule has 26 heavy (non-hydrogen) atoms. The van der Waals surface area contributed by atoms with Gasteiger partial charge in [-0.2, -0.15) is 4.98 Å². The Hall–Kier alpha value is -3.26. The summed E-state index contributed by atoms with van der Waals surface area (Å²) >= 11 is 0. The molecule has 0 radical (unpaired) electrons. The molecule has 0 saturated carbocycles. The molecule has 0 spiro atoms. The average molecular weight is 353 g/mol. The molecule has 0 amide bonds. The largest absolute Gasteiger partial charge is 0.432 e. The molecule has 1 aromatic carbocycles. The molecule has 8 heteroatoms. The topological polar surface area (TPSA) is 88.5 Å². The molecule has 3 aromatic heterocycles. The summed E-state index contributed by atoms with van der Waals surface area (Å²) in [5.41, 5.74) is 2.71. The van der Waals surface area contributed by atoms with Gasteiger partial charge in [0.2, 0.25) is 5.95 Å². The SMILES string of the molecule is C[C@H](O)CNc1nccc(-c2c(-c3ccc(F)cc3)nc3occn23)n1. The second-order valence-electron chi connectivity index (χ2n) is 5.87. The van der Waals surface area contributed by atoms with E-state index in [0.29, 0.717) is 35.4 Å². The van der Waals surface area contributed by atoms with Gasteiger partial charge in [0.15, 0.2) is 0 Å². The number of anilines is 1. The molecule has 1 atom stereocenters. The molecule has 0 fully saturated rings. The molecule has 2 N–H and O–H groups in total. The van der Waals surface area contributed by atoms with Gasteiger partial charge in [0, 0.05) is 24.5 Å². The number of fused-ring (bicyclic) bond motifs is 1. The third kappa shape index (κ3) is 3.02. The standard InChI is InChI=1S/C18H16FN5O2/c1-11(25)10-21-17-20-7-6-14(22-17)16-15(12-2-4-13(19)5-3-12)23-18-24(16)8-9-26-18/h2-9,11,25H,10H2,1H3,(H,20,21,22)/t11-/m0/s1. The van der Waals surface area contributed by atoms with E-state index in [-0.39, 0.29) is 5.82 Å². The summed E-state index contributed by atoms with van der Waals surface area (Å²) in [4.78, 5) is 13.2. The first-order valence-corrected chi connectivity index (χ1v) is 8.08. The quantitative estimate of drug-likeness (QED) is 0.573. The van der Waals surface area contributed by atoms with Crippen LogP contribution in [0.2, 0.25) is 0 Å². The van der Waals surface area contributed by atoms with Crippen molar-refractivity contribution in [2.75, 3.05) is 11.9 Å². The van der Waals surface area contributed by atoms with Crippen LogP contribution < -0.4 is 5.32 Å². The molecule has 132 valence electrons. The zero-order chi connectivity index (χ0) is 18.1. The fourth-order valence-corrected chi connectivity index (χ4v) is 2.65. The third-order valence-electron chi connectivity index (χ3n) is 3.83. The molecule has 0 bridgehead atoms. The van der Waals surface area contributed by atoms with Gasteiger partial charge in [0.05, 0.1) is 11.8 Å². The van der Waals surface area contributed by atoms with Crippen LogP contribution in [0.5, 0.6) is 0 Å². The van der Waals surface area contributed by atoms with Crippen molar-refractivity contribution in [3.8, 4) is 22.6 Å². The van der Waals surface area contributed by atoms with E-state index in [1.165, 1.54) is 18.4 Å². The predicted molar refractivity (Wildman–Crippen MR) is 94.0 cm³/mol. The van der Waals surface area contributed by atoms with Crippen molar-refractivity contribution in [3.63, 3.8) is 0 Å². The fraction of sp³-hybridized carbons (Fsp3) is 0.167. The van der Waals surface area contributed by atoms with Crippen LogP contribution >= 0.6 is 0 Å². The molecule has 4 aromatic rings. The number of oxazole rings is 1. The Morgan fingerprint density at radius 2 is 2.04 bits per heavy atom. The Morgan fingerprint density at radius 3 is 2.81 bits per heavy atom. The van der Waals surface area contributed by atoms with E-state index in [1.54, 1.807) is 41.9 Å². The van der Waals surface area contributed by atoms with Crippen LogP contribution in [0.1, 0.15) is 6.92 Å². The minimum atomic E-state index is -0.521. The van der Waals surface area contributed by atoms with E-state index in [4.69, 9.17) is 4.42 Å². The number of aliphatic hydroxyl groups is 1. The lowest BCUT2D eigenvalue weighted by atomic mass is 10.1. The first-order chi connectivity index (χ1) is 12.6. The van der Waals surface area contributed by atoms with Crippen molar-refractivity contribution in [2.24, 2.45) is 0 Å². The molecule has 0 unspecified atom stereocenters. The lowest BCUT2D eigenvalue weighted by molar-refractivity contribution is 0.208. The molecule has 0 saturated heterocycles. The van der Waals surface area contributed by atoms with E-state index >= 15 is 0 Å². The summed E-state index contributed by atoms with van der Waals surface area (Å²) in [6, 6.07) is 7.85. The lowest BCUT2D eigenvalue weighted by Gasteiger charge is -2.08. The normalized spacial score (nSPS) is 12.4. The number of hydrogen-bond acceptors (Lipinski definition) is 6. The van der Waals surface area contributed by atoms with Gasteiger partial charge in [0.1, 0.15) is 23.5 Å². The van der Waals surface area contributed by atoms with E-state index in [2.05, 4.69) is 20.3 Å². The van der Waals surface area contributed by atoms with Crippen LogP contribution in [0.25, 0.3) is 28.5 Å². The molecule has 7 nitrogen and oxygen atoms in total. The summed E-state index contributed by atoms with van der Waals surface area (Å²) in [7, 11) is 0. The van der Waals surface area contributed by atoms with Crippen LogP contribution in [0, 0.1) is 5.82 Å². The van der Waals surface area contributed by atoms with Crippen molar-refractivity contribution >= 4 is 11.8 Å². The highest BCUT2D eigenvalue weighted by Gasteiger charge is 2.19. The zero-order valence-electron chi connectivity index (χ0n) is 13.9. The molecule has 0 aliphatic carbocycles. The van der Waals surface area contributed by atoms with Crippen LogP contribution in [-0.2, 0) is 0 Å². The number of aromatic nitrogens is 4. The smallest absolute Gasteiger partial charge is 0.306 e. The monoisotopic (exact) mass is 353 g/mol. The van der Waals surface area contributed by atoms with Gasteiger partial charge >= 0.3 is 5.84 Å². The van der Waals surface area contributed by atoms with Crippen molar-refractivity contribution in [2.45, 2.75) is 13.0 Å². The summed E-state index contributed by atoms with van der Waals surface area (Å²) in [6.45, 7) is 2.01. The van der Waals surface area contributed by atoms with E-state index in [9.17, 15) is 9.50 Å². The van der Waals surface area contributed by atoms with Crippen molar-refractivity contribution < 1.29 is 13.9 Å². The van der Waals surface area contributed by atoms with Gasteiger partial charge in [-0.1, -0.05) is 0 Å². The number of nitrogens with one attached hydrogen (secondary N) is 1. The zero-order valence-corrected chi connectivity index (χ0v) is 13.9. The predicted octanol–water partition coefficient (Wildman–Crippen LogP) is 2.98. The average Bonchev–Trinajstić information content (AvgIpc) is 3.22. The summed E-state index contributed by atoms with van der Waals surface area (Å²) in [5, 5.41) is 12.4. The van der Waals surface area contributed by atoms with Crippen molar-refractivity contribution in [1.29, 1.82) is 0 Å². The van der Waals surface area contributed by atoms with E-state index in [0.717, 1.165) is 5.56 Å². The van der Waals surface area contributed by atoms with Gasteiger partial charge in [-0.05, 0) is 37.3 Å². The minimum absolute atomic E-state index is 0.315. The van der Waals surface area contributed by atoms with Crippen LogP contribution in [0.3, 0.4) is 0 Å². The van der Waals surface area contributed by atoms with Crippen molar-refractivity contribution in [3.05, 3.63) is 54.8 Å². The highest BCUT2D eigenvalue weighted by atomic mass is 19.1. The Labute approximate surface area is 148 Å². The number of hydrogen-bond donors (Lipinski definition) is 2. The van der Waals surface area contributed by atoms with E-state index in [1.807, 2.05) is 0 Å². The highest BCUT2D eigenvalue weighted by molar-refractivity contribution is 5.79. The van der Waals surface area contributed by atoms with Crippen LogP contribution in [0.4, 0.5) is 10.3 Å². The third-order valence-corrected chi connectivity index (χ3v) is 3.83. The second kappa shape index (κ2) is 6.57. The number of imidazole rings is 1. The van der Waals surface area contributed by atoms with Crippen LogP contribution in [-0.4, -0.2) is 37.1 Å². The molecule has 4 rings (SSSR count). The Balaban J connectivity index is 1.83. The van der Waals surface area contributed by atoms with E-state index < -0.39 is 6.10 Å². The maximum atomic E-state index is 13.3. The summed E-state index contributed by atoms with van der Waals surface area (Å²) in [6.07, 6.45) is 4.39. The summed E-state index contributed by atoms with van der Waals surface area (Å²) < 4.78 is 20.5. The maximum Gasteiger partial charge on any atom is 0.306 e. The Bertz CT molecular complexity index is 1040. The van der Waals surface area contributed by atoms with Gasteiger partial charge in [-0.15, -0.1) is 0 Å². The second-order valence-corrected chi connectivity index (χ2v) is 5.87. The lowest BCUT2D eigenvalue weighted by Crippen LogP contribution is -2.16. The molecular weight excluding hydrogens is 337 g/mol. The van der Waals surface area contributed by atoms with Crippen LogP contribution in [0.15, 0.2) is 53.4 Å². The first kappa shape index (κ1) is 16.2. The Kier molecular flexibility index (Phi) is 4.10. The summed E-state index contributed by atoms with van der Waals surface area (Å²) in [5.74, 6) is 0.494.